The molecule has 5 aromatic carbocycles. The Bertz CT molecular complexity index is 2660. The van der Waals surface area contributed by atoms with Crippen molar-refractivity contribution in [1.82, 2.24) is 14.8 Å². The summed E-state index contributed by atoms with van der Waals surface area (Å²) < 4.78 is 7.29. The Labute approximate surface area is 365 Å². The van der Waals surface area contributed by atoms with Crippen molar-refractivity contribution in [2.75, 3.05) is 12.4 Å². The van der Waals surface area contributed by atoms with Crippen LogP contribution in [0.15, 0.2) is 199 Å². The van der Waals surface area contributed by atoms with Gasteiger partial charge in [0.2, 0.25) is 5.91 Å². The molecule has 0 radical (unpaired) electrons. The number of aromatic nitrogens is 1. The summed E-state index contributed by atoms with van der Waals surface area (Å²) in [6, 6.07) is 47.4. The van der Waals surface area contributed by atoms with Crippen LogP contribution in [0.1, 0.15) is 46.9 Å². The monoisotopic (exact) mass is 836 g/mol. The molecule has 0 fully saturated rings. The summed E-state index contributed by atoms with van der Waals surface area (Å²) >= 11 is 1.00. The lowest BCUT2D eigenvalue weighted by molar-refractivity contribution is -0.126. The van der Waals surface area contributed by atoms with Crippen molar-refractivity contribution in [3.63, 3.8) is 0 Å². The number of thioether (sulfide) groups is 1. The molecule has 0 atom stereocenters. The molecule has 0 unspecified atom stereocenters. The maximum Gasteiger partial charge on any atom is 0.338 e. The summed E-state index contributed by atoms with van der Waals surface area (Å²) in [6.45, 7) is 7.59. The van der Waals surface area contributed by atoms with E-state index >= 15 is 0 Å². The van der Waals surface area contributed by atoms with Gasteiger partial charge in [-0.3, -0.25) is 19.3 Å². The molecule has 308 valence electrons. The van der Waals surface area contributed by atoms with Crippen molar-refractivity contribution in [2.24, 2.45) is 4.99 Å². The van der Waals surface area contributed by atoms with Crippen LogP contribution >= 0.6 is 11.8 Å². The second-order valence-electron chi connectivity index (χ2n) is 14.0. The first-order chi connectivity index (χ1) is 30.3. The summed E-state index contributed by atoms with van der Waals surface area (Å²) in [5.74, 6) is -2.20. The van der Waals surface area contributed by atoms with E-state index in [1.54, 1.807) is 56.4 Å². The number of esters is 1. The summed E-state index contributed by atoms with van der Waals surface area (Å²) in [5, 5.41) is 3.20. The molecule has 1 N–H and O–H groups in total. The fraction of sp³-hybridized carbons (Fsp3) is 0.0962. The topological polar surface area (TPSA) is 110 Å². The second kappa shape index (κ2) is 20.1. The Morgan fingerprint density at radius 2 is 1.39 bits per heavy atom. The number of rotatable bonds is 14. The molecule has 1 aliphatic rings. The number of carbonyl (C=O) groups excluding carboxylic acids is 4. The lowest BCUT2D eigenvalue weighted by Crippen LogP contribution is -2.42. The van der Waals surface area contributed by atoms with E-state index in [2.05, 4.69) is 16.9 Å². The molecule has 0 saturated heterocycles. The standard InChI is InChI=1S/C52H44N4O5S/c1-4-7-28-42(5-2)56-50(59)44(49(58)54-52(56)62-35-46(57)53-47(37-22-14-9-15-23-37)38-24-16-10-17-25-38)33-41-34-45(36-20-12-8-13-21-36)55(48(41)39-26-18-11-19-27-39)43-31-29-40(30-32-43)51(60)61-6-3/h4-5,7-34,47H,1,6,35H2,2-3H3,(H,53,57)/b28-7-,42-5+,44-33-. The van der Waals surface area contributed by atoms with Crippen LogP contribution in [0.4, 0.5) is 0 Å². The van der Waals surface area contributed by atoms with Crippen LogP contribution in [-0.2, 0) is 19.1 Å². The normalized spacial score (nSPS) is 13.7. The zero-order chi connectivity index (χ0) is 43.4. The molecule has 1 aromatic heterocycles. The average Bonchev–Trinajstić information content (AvgIpc) is 3.70. The molecule has 62 heavy (non-hydrogen) atoms. The first kappa shape index (κ1) is 42.6. The Morgan fingerprint density at radius 3 is 1.95 bits per heavy atom. The van der Waals surface area contributed by atoms with E-state index in [4.69, 9.17) is 4.74 Å². The van der Waals surface area contributed by atoms with Crippen molar-refractivity contribution in [3.8, 4) is 28.2 Å². The molecule has 6 aromatic rings. The molecule has 0 saturated carbocycles. The minimum atomic E-state index is -0.740. The first-order valence-corrected chi connectivity index (χ1v) is 21.1. The van der Waals surface area contributed by atoms with E-state index in [1.807, 2.05) is 144 Å². The average molecular weight is 837 g/mol. The third-order valence-corrected chi connectivity index (χ3v) is 10.9. The van der Waals surface area contributed by atoms with Gasteiger partial charge in [-0.05, 0) is 78.6 Å². The van der Waals surface area contributed by atoms with Crippen molar-refractivity contribution >= 4 is 46.7 Å². The van der Waals surface area contributed by atoms with Gasteiger partial charge in [0.1, 0.15) is 5.57 Å². The van der Waals surface area contributed by atoms with Crippen LogP contribution in [0.3, 0.4) is 0 Å². The maximum atomic E-state index is 14.8. The number of hydrogen-bond acceptors (Lipinski definition) is 6. The van der Waals surface area contributed by atoms with E-state index in [9.17, 15) is 19.2 Å². The Balaban J connectivity index is 1.30. The molecule has 0 bridgehead atoms. The number of ether oxygens (including phenoxy) is 1. The molecule has 3 amide bonds. The molecule has 0 aliphatic carbocycles. The van der Waals surface area contributed by atoms with Gasteiger partial charge in [-0.25, -0.2) is 4.79 Å². The fourth-order valence-electron chi connectivity index (χ4n) is 7.13. The minimum Gasteiger partial charge on any atom is -0.462 e. The van der Waals surface area contributed by atoms with Gasteiger partial charge in [0.15, 0.2) is 5.17 Å². The van der Waals surface area contributed by atoms with Crippen LogP contribution < -0.4 is 5.32 Å². The molecule has 10 heteroatoms. The van der Waals surface area contributed by atoms with Gasteiger partial charge in [0.25, 0.3) is 11.8 Å². The number of amides is 3. The highest BCUT2D eigenvalue weighted by atomic mass is 32.2. The van der Waals surface area contributed by atoms with E-state index < -0.39 is 23.8 Å². The van der Waals surface area contributed by atoms with E-state index in [1.165, 1.54) is 4.90 Å². The summed E-state index contributed by atoms with van der Waals surface area (Å²) in [4.78, 5) is 61.2. The van der Waals surface area contributed by atoms with E-state index in [-0.39, 0.29) is 29.0 Å². The van der Waals surface area contributed by atoms with Gasteiger partial charge in [-0.15, -0.1) is 0 Å². The van der Waals surface area contributed by atoms with Gasteiger partial charge in [0.05, 0.1) is 35.4 Å². The zero-order valence-corrected chi connectivity index (χ0v) is 35.1. The van der Waals surface area contributed by atoms with Gasteiger partial charge in [-0.2, -0.15) is 4.99 Å². The smallest absolute Gasteiger partial charge is 0.338 e. The number of carbonyl (C=O) groups is 4. The maximum absolute atomic E-state index is 14.8. The SMILES string of the molecule is C=C/C=C\C(=C/C)N1C(=O)/C(=C\c2cc(-c3ccccc3)n(-c3ccc(C(=O)OCC)cc3)c2-c2ccccc2)C(=O)N=C1SCC(=O)NC(c1ccccc1)c1ccccc1. The van der Waals surface area contributed by atoms with E-state index in [0.29, 0.717) is 22.5 Å². The van der Waals surface area contributed by atoms with Crippen molar-refractivity contribution in [3.05, 3.63) is 216 Å². The molecule has 9 nitrogen and oxygen atoms in total. The third-order valence-electron chi connectivity index (χ3n) is 10.00. The fourth-order valence-corrected chi connectivity index (χ4v) is 7.94. The van der Waals surface area contributed by atoms with Crippen molar-refractivity contribution < 1.29 is 23.9 Å². The van der Waals surface area contributed by atoms with Gasteiger partial charge >= 0.3 is 5.97 Å². The predicted octanol–water partition coefficient (Wildman–Crippen LogP) is 10.4. The van der Waals surface area contributed by atoms with Crippen LogP contribution in [0.5, 0.6) is 0 Å². The minimum absolute atomic E-state index is 0.0672. The van der Waals surface area contributed by atoms with Gasteiger partial charge in [0, 0.05) is 16.9 Å². The highest BCUT2D eigenvalue weighted by molar-refractivity contribution is 8.14. The van der Waals surface area contributed by atoms with Gasteiger partial charge < -0.3 is 14.6 Å². The zero-order valence-electron chi connectivity index (χ0n) is 34.3. The van der Waals surface area contributed by atoms with Gasteiger partial charge in [-0.1, -0.05) is 158 Å². The van der Waals surface area contributed by atoms with Crippen molar-refractivity contribution in [2.45, 2.75) is 19.9 Å². The first-order valence-electron chi connectivity index (χ1n) is 20.1. The lowest BCUT2D eigenvalue weighted by atomic mass is 9.99. The number of nitrogens with zero attached hydrogens (tertiary/aromatic N) is 3. The van der Waals surface area contributed by atoms with Crippen LogP contribution in [0.25, 0.3) is 34.3 Å². The number of aliphatic imine (C=N–C) groups is 1. The molecular weight excluding hydrogens is 793 g/mol. The highest BCUT2D eigenvalue weighted by Crippen LogP contribution is 2.38. The Kier molecular flexibility index (Phi) is 13.8. The summed E-state index contributed by atoms with van der Waals surface area (Å²) in [7, 11) is 0. The highest BCUT2D eigenvalue weighted by Gasteiger charge is 2.36. The molecule has 7 rings (SSSR count). The number of allylic oxidation sites excluding steroid dienone is 4. The van der Waals surface area contributed by atoms with Crippen LogP contribution in [-0.4, -0.2) is 50.7 Å². The molecule has 2 heterocycles. The van der Waals surface area contributed by atoms with Crippen molar-refractivity contribution in [1.29, 1.82) is 0 Å². The number of nitrogens with one attached hydrogen (secondary N) is 1. The summed E-state index contributed by atoms with van der Waals surface area (Å²) in [6.07, 6.45) is 8.30. The summed E-state index contributed by atoms with van der Waals surface area (Å²) in [5.41, 5.74) is 7.03. The molecule has 1 aliphatic heterocycles. The Morgan fingerprint density at radius 1 is 0.806 bits per heavy atom. The molecule has 0 spiro atoms. The van der Waals surface area contributed by atoms with Crippen LogP contribution in [0, 0.1) is 0 Å². The lowest BCUT2D eigenvalue weighted by Gasteiger charge is -2.28. The second-order valence-corrected chi connectivity index (χ2v) is 14.9. The number of benzene rings is 5. The van der Waals surface area contributed by atoms with E-state index in [0.717, 1.165) is 45.4 Å². The number of hydrogen-bond donors (Lipinski definition) is 1. The largest absolute Gasteiger partial charge is 0.462 e. The Hall–Kier alpha value is -7.56. The molecular formula is C52H44N4O5S. The van der Waals surface area contributed by atoms with Crippen LogP contribution in [0.2, 0.25) is 0 Å². The third kappa shape index (κ3) is 9.57. The quantitative estimate of drug-likeness (QED) is 0.0506. The predicted molar refractivity (Wildman–Crippen MR) is 248 cm³/mol. The number of amidine groups is 1.